The van der Waals surface area contributed by atoms with Gasteiger partial charge in [0.15, 0.2) is 0 Å². The maximum Gasteiger partial charge on any atom is 0.137 e. The summed E-state index contributed by atoms with van der Waals surface area (Å²) in [6.45, 7) is 2.05. The Balaban J connectivity index is 3.05. The summed E-state index contributed by atoms with van der Waals surface area (Å²) in [7, 11) is 1.62. The van der Waals surface area contributed by atoms with Gasteiger partial charge < -0.3 is 4.74 Å². The van der Waals surface area contributed by atoms with Gasteiger partial charge in [0.2, 0.25) is 0 Å². The normalized spacial score (nSPS) is 10.2. The molecule has 1 rings (SSSR count). The third-order valence-corrected chi connectivity index (χ3v) is 2.51. The number of thiol groups is 1. The molecule has 0 aliphatic heterocycles. The minimum absolute atomic E-state index is 0.671. The molecule has 13 heavy (non-hydrogen) atoms. The first-order valence-electron chi connectivity index (χ1n) is 4.13. The van der Waals surface area contributed by atoms with Crippen molar-refractivity contribution < 1.29 is 4.74 Å². The maximum atomic E-state index is 5.99. The van der Waals surface area contributed by atoms with E-state index in [-0.39, 0.29) is 0 Å². The molecule has 0 aromatic heterocycles. The van der Waals surface area contributed by atoms with Gasteiger partial charge in [-0.25, -0.2) is 0 Å². The van der Waals surface area contributed by atoms with Crippen molar-refractivity contribution in [3.63, 3.8) is 0 Å². The summed E-state index contributed by atoms with van der Waals surface area (Å²) in [6.07, 6.45) is 0.943. The second-order valence-corrected chi connectivity index (χ2v) is 3.74. The van der Waals surface area contributed by atoms with Crippen LogP contribution in [0.2, 0.25) is 5.02 Å². The second kappa shape index (κ2) is 4.77. The summed E-state index contributed by atoms with van der Waals surface area (Å²) in [4.78, 5) is 0. The van der Waals surface area contributed by atoms with Gasteiger partial charge in [-0.2, -0.15) is 12.6 Å². The predicted molar refractivity (Wildman–Crippen MR) is 60.3 cm³/mol. The van der Waals surface area contributed by atoms with Gasteiger partial charge in [-0.05, 0) is 42.4 Å². The van der Waals surface area contributed by atoms with Gasteiger partial charge in [-0.3, -0.25) is 0 Å². The van der Waals surface area contributed by atoms with Crippen LogP contribution in [-0.2, 0) is 6.42 Å². The van der Waals surface area contributed by atoms with E-state index < -0.39 is 0 Å². The number of benzene rings is 1. The van der Waals surface area contributed by atoms with E-state index in [1.165, 1.54) is 11.1 Å². The molecule has 0 saturated carbocycles. The van der Waals surface area contributed by atoms with Gasteiger partial charge in [0.05, 0.1) is 12.1 Å². The summed E-state index contributed by atoms with van der Waals surface area (Å²) < 4.78 is 5.11. The molecule has 0 amide bonds. The zero-order valence-corrected chi connectivity index (χ0v) is 9.45. The van der Waals surface area contributed by atoms with Crippen LogP contribution in [0.15, 0.2) is 12.1 Å². The van der Waals surface area contributed by atoms with Crippen molar-refractivity contribution in [1.82, 2.24) is 0 Å². The SMILES string of the molecule is COc1cc(C)c(CCS)cc1Cl. The van der Waals surface area contributed by atoms with Crippen LogP contribution >= 0.6 is 24.2 Å². The van der Waals surface area contributed by atoms with Gasteiger partial charge in [0, 0.05) is 0 Å². The van der Waals surface area contributed by atoms with Crippen molar-refractivity contribution in [3.05, 3.63) is 28.3 Å². The van der Waals surface area contributed by atoms with Crippen LogP contribution in [0.4, 0.5) is 0 Å². The van der Waals surface area contributed by atoms with Crippen LogP contribution < -0.4 is 4.74 Å². The lowest BCUT2D eigenvalue weighted by Gasteiger charge is -2.08. The Morgan fingerprint density at radius 1 is 1.46 bits per heavy atom. The molecule has 0 fully saturated rings. The Kier molecular flexibility index (Phi) is 3.94. The predicted octanol–water partition coefficient (Wildman–Crippen LogP) is 3.13. The number of hydrogen-bond donors (Lipinski definition) is 1. The maximum absolute atomic E-state index is 5.99. The van der Waals surface area contributed by atoms with E-state index in [2.05, 4.69) is 19.6 Å². The Morgan fingerprint density at radius 3 is 2.69 bits per heavy atom. The number of rotatable bonds is 3. The lowest BCUT2D eigenvalue weighted by atomic mass is 10.1. The van der Waals surface area contributed by atoms with Gasteiger partial charge in [0.1, 0.15) is 5.75 Å². The van der Waals surface area contributed by atoms with E-state index in [1.54, 1.807) is 7.11 Å². The van der Waals surface area contributed by atoms with Crippen LogP contribution in [0, 0.1) is 6.92 Å². The van der Waals surface area contributed by atoms with Crippen LogP contribution in [0.1, 0.15) is 11.1 Å². The molecule has 0 heterocycles. The number of ether oxygens (including phenoxy) is 1. The average Bonchev–Trinajstić information content (AvgIpc) is 2.11. The van der Waals surface area contributed by atoms with Crippen LogP contribution in [0.3, 0.4) is 0 Å². The van der Waals surface area contributed by atoms with E-state index in [1.807, 2.05) is 12.1 Å². The van der Waals surface area contributed by atoms with E-state index in [0.29, 0.717) is 5.02 Å². The monoisotopic (exact) mass is 216 g/mol. The Bertz CT molecular complexity index is 299. The van der Waals surface area contributed by atoms with Crippen molar-refractivity contribution in [2.45, 2.75) is 13.3 Å². The Morgan fingerprint density at radius 2 is 2.15 bits per heavy atom. The number of hydrogen-bond acceptors (Lipinski definition) is 2. The molecule has 0 atom stereocenters. The fourth-order valence-corrected chi connectivity index (χ4v) is 1.75. The van der Waals surface area contributed by atoms with Gasteiger partial charge in [-0.15, -0.1) is 0 Å². The quantitative estimate of drug-likeness (QED) is 0.764. The zero-order valence-electron chi connectivity index (χ0n) is 7.80. The molecule has 0 aliphatic rings. The number of aryl methyl sites for hydroxylation is 2. The Labute approximate surface area is 89.5 Å². The third kappa shape index (κ3) is 2.55. The molecule has 0 unspecified atom stereocenters. The van der Waals surface area contributed by atoms with Crippen molar-refractivity contribution in [2.75, 3.05) is 12.9 Å². The fourth-order valence-electron chi connectivity index (χ4n) is 1.24. The molecule has 0 aliphatic carbocycles. The first-order chi connectivity index (χ1) is 6.19. The fraction of sp³-hybridized carbons (Fsp3) is 0.400. The van der Waals surface area contributed by atoms with Crippen molar-refractivity contribution in [3.8, 4) is 5.75 Å². The molecule has 72 valence electrons. The minimum atomic E-state index is 0.671. The summed E-state index contributed by atoms with van der Waals surface area (Å²) in [5, 5.41) is 0.671. The largest absolute Gasteiger partial charge is 0.495 e. The molecule has 1 nitrogen and oxygen atoms in total. The van der Waals surface area contributed by atoms with Crippen LogP contribution in [0.25, 0.3) is 0 Å². The lowest BCUT2D eigenvalue weighted by molar-refractivity contribution is 0.414. The van der Waals surface area contributed by atoms with Gasteiger partial charge in [-0.1, -0.05) is 11.6 Å². The molecule has 0 radical (unpaired) electrons. The molecular weight excluding hydrogens is 204 g/mol. The summed E-state index contributed by atoms with van der Waals surface area (Å²) in [5.74, 6) is 1.57. The van der Waals surface area contributed by atoms with Crippen molar-refractivity contribution >= 4 is 24.2 Å². The first-order valence-corrected chi connectivity index (χ1v) is 5.14. The van der Waals surface area contributed by atoms with Crippen molar-refractivity contribution in [2.24, 2.45) is 0 Å². The van der Waals surface area contributed by atoms with Gasteiger partial charge in [0.25, 0.3) is 0 Å². The number of methoxy groups -OCH3 is 1. The van der Waals surface area contributed by atoms with E-state index in [0.717, 1.165) is 17.9 Å². The minimum Gasteiger partial charge on any atom is -0.495 e. The molecule has 0 bridgehead atoms. The summed E-state index contributed by atoms with van der Waals surface area (Å²) >= 11 is 10.2. The molecule has 3 heteroatoms. The molecule has 1 aromatic carbocycles. The highest BCUT2D eigenvalue weighted by Gasteiger charge is 2.04. The van der Waals surface area contributed by atoms with Crippen molar-refractivity contribution in [1.29, 1.82) is 0 Å². The third-order valence-electron chi connectivity index (χ3n) is 1.99. The van der Waals surface area contributed by atoms with Crippen LogP contribution in [0.5, 0.6) is 5.75 Å². The summed E-state index contributed by atoms with van der Waals surface area (Å²) in [6, 6.07) is 3.91. The standard InChI is InChI=1S/C10H13ClOS/c1-7-5-10(12-2)9(11)6-8(7)3-4-13/h5-6,13H,3-4H2,1-2H3. The zero-order chi connectivity index (χ0) is 9.84. The Hall–Kier alpha value is -0.340. The van der Waals surface area contributed by atoms with Gasteiger partial charge >= 0.3 is 0 Å². The van der Waals surface area contributed by atoms with E-state index >= 15 is 0 Å². The first kappa shape index (κ1) is 10.7. The second-order valence-electron chi connectivity index (χ2n) is 2.89. The molecule has 1 aromatic rings. The molecular formula is C10H13ClOS. The molecule has 0 spiro atoms. The van der Waals surface area contributed by atoms with E-state index in [4.69, 9.17) is 16.3 Å². The highest BCUT2D eigenvalue weighted by atomic mass is 35.5. The highest BCUT2D eigenvalue weighted by Crippen LogP contribution is 2.28. The molecule has 0 saturated heterocycles. The number of halogens is 1. The lowest BCUT2D eigenvalue weighted by Crippen LogP contribution is -1.93. The summed E-state index contributed by atoms with van der Waals surface area (Å²) in [5.41, 5.74) is 2.44. The molecule has 0 N–H and O–H groups in total. The topological polar surface area (TPSA) is 9.23 Å². The average molecular weight is 217 g/mol. The van der Waals surface area contributed by atoms with E-state index in [9.17, 15) is 0 Å². The van der Waals surface area contributed by atoms with Crippen LogP contribution in [-0.4, -0.2) is 12.9 Å². The smallest absolute Gasteiger partial charge is 0.137 e. The highest BCUT2D eigenvalue weighted by molar-refractivity contribution is 7.80.